The predicted molar refractivity (Wildman–Crippen MR) is 324 cm³/mol. The summed E-state index contributed by atoms with van der Waals surface area (Å²) in [4.78, 5) is 112. The van der Waals surface area contributed by atoms with Crippen LogP contribution in [0.1, 0.15) is 116 Å². The van der Waals surface area contributed by atoms with Gasteiger partial charge < -0.3 is 50.6 Å². The molecule has 3 aliphatic heterocycles. The molecule has 2 saturated heterocycles. The molecule has 20 nitrogen and oxygen atoms in total. The Labute approximate surface area is 504 Å². The van der Waals surface area contributed by atoms with Crippen LogP contribution >= 0.6 is 27.5 Å². The molecule has 456 valence electrons. The van der Waals surface area contributed by atoms with Crippen molar-refractivity contribution in [3.8, 4) is 0 Å². The van der Waals surface area contributed by atoms with Crippen molar-refractivity contribution < 1.29 is 62.4 Å². The number of esters is 1. The molecule has 4 heterocycles. The number of aromatic nitrogens is 1. The van der Waals surface area contributed by atoms with Gasteiger partial charge in [-0.1, -0.05) is 97.2 Å². The van der Waals surface area contributed by atoms with Crippen molar-refractivity contribution >= 4 is 97.2 Å². The van der Waals surface area contributed by atoms with Crippen molar-refractivity contribution in [1.82, 2.24) is 20.9 Å². The third-order valence-corrected chi connectivity index (χ3v) is 17.1. The summed E-state index contributed by atoms with van der Waals surface area (Å²) in [6, 6.07) is 10.4. The summed E-state index contributed by atoms with van der Waals surface area (Å²) < 4.78 is 24.1. The van der Waals surface area contributed by atoms with E-state index in [0.717, 1.165) is 16.7 Å². The number of methoxy groups -OCH3 is 1. The van der Waals surface area contributed by atoms with Crippen LogP contribution in [-0.4, -0.2) is 132 Å². The number of nitrogens with zero attached hydrogens (tertiary/aromatic N) is 2. The molecule has 84 heavy (non-hydrogen) atoms. The number of carbonyl (C=O) groups excluding carboxylic acids is 8. The number of primary amides is 1. The summed E-state index contributed by atoms with van der Waals surface area (Å²) in [6.45, 7) is 15.3. The Hall–Kier alpha value is -6.52. The normalized spacial score (nSPS) is 24.3. The van der Waals surface area contributed by atoms with E-state index < -0.39 is 83.4 Å². The van der Waals surface area contributed by atoms with E-state index in [1.807, 2.05) is 52.8 Å². The quantitative estimate of drug-likeness (QED) is 0.0171. The van der Waals surface area contributed by atoms with Crippen molar-refractivity contribution in [2.75, 3.05) is 42.8 Å². The van der Waals surface area contributed by atoms with Gasteiger partial charge >= 0.3 is 18.1 Å². The van der Waals surface area contributed by atoms with Gasteiger partial charge in [-0.25, -0.2) is 9.59 Å². The van der Waals surface area contributed by atoms with Crippen molar-refractivity contribution in [3.63, 3.8) is 0 Å². The number of aliphatic hydroxyl groups is 1. The molecular formula is C62H81BrClN7O13. The Morgan fingerprint density at radius 2 is 1.76 bits per heavy atom. The van der Waals surface area contributed by atoms with Gasteiger partial charge in [0.15, 0.2) is 5.78 Å². The number of nitrogens with two attached hydrogens (primary N) is 1. The molecule has 7 N–H and O–H groups in total. The Bertz CT molecular complexity index is 3030. The minimum absolute atomic E-state index is 0.00754. The minimum Gasteiger partial charge on any atom is -0.462 e. The molecule has 6 rings (SSSR count). The van der Waals surface area contributed by atoms with Crippen molar-refractivity contribution in [3.05, 3.63) is 100 Å². The van der Waals surface area contributed by atoms with Gasteiger partial charge in [0.2, 0.25) is 17.7 Å². The lowest BCUT2D eigenvalue weighted by Crippen LogP contribution is -2.53. The zero-order valence-corrected chi connectivity index (χ0v) is 51.6. The highest BCUT2D eigenvalue weighted by Gasteiger charge is 2.64. The first kappa shape index (κ1) is 66.6. The number of unbranched alkanes of at least 4 members (excludes halogenated alkanes) is 2. The van der Waals surface area contributed by atoms with Gasteiger partial charge in [0.05, 0.1) is 47.6 Å². The van der Waals surface area contributed by atoms with E-state index in [4.69, 9.17) is 41.3 Å². The summed E-state index contributed by atoms with van der Waals surface area (Å²) >= 11 is 10.1. The fraction of sp³-hybridized carbons (Fsp3) is 0.532. The zero-order valence-electron chi connectivity index (χ0n) is 49.3. The second kappa shape index (κ2) is 30.0. The summed E-state index contributed by atoms with van der Waals surface area (Å²) in [5.74, 6) is -3.59. The summed E-state index contributed by atoms with van der Waals surface area (Å²) in [6.07, 6.45) is 3.41. The number of Topliss-reactive ketones (excluding diaryl/α,β-unsaturated/α-hetero) is 2. The standard InChI is InChI=1S/C62H81BrClN7O13/c1-35(2)45(30-44(72)16-11-10-12-23-66-57(76)38(5)34-63)58(77)70-47(17-14-24-67-59(65)78)49(73)29-43-20-19-41-28-42(21-22-46(41)68-43)69-60(79)83-52-31-53(74)71(8)48-27-40(26-37(4)55(48)64)25-36(3)15-13-18-51(81-9)62(80)32-50(82-54(75)33-62)39(6)56-61(52,7)84-56/h13,15,18-22,26-28,35,39,45,47,50-52,56,80H,5,10-12,14,16-17,23-25,29-34H2,1-4,6-9H3,(H,66,76)(H,69,79)(H,70,77)(H3,65,67,78)/b18-13+,36-15+/t39-,45+,47+,50+,51-,52+,56+,61+,62-/m1/s1. The lowest BCUT2D eigenvalue weighted by Gasteiger charge is -2.41. The van der Waals surface area contributed by atoms with Crippen molar-refractivity contribution in [2.24, 2.45) is 23.5 Å². The molecule has 0 saturated carbocycles. The van der Waals surface area contributed by atoms with Crippen LogP contribution in [0.25, 0.3) is 10.9 Å². The van der Waals surface area contributed by atoms with Gasteiger partial charge in [0.1, 0.15) is 35.3 Å². The number of fused-ring (bicyclic) bond motifs is 6. The monoisotopic (exact) mass is 1250 g/mol. The molecule has 0 radical (unpaired) electrons. The van der Waals surface area contributed by atoms with Crippen LogP contribution in [0.3, 0.4) is 0 Å². The van der Waals surface area contributed by atoms with E-state index in [0.29, 0.717) is 82.5 Å². The van der Waals surface area contributed by atoms with Crippen LogP contribution < -0.4 is 31.9 Å². The number of hydrogen-bond donors (Lipinski definition) is 6. The molecule has 3 aliphatic rings. The number of halogens is 2. The first-order chi connectivity index (χ1) is 39.7. The van der Waals surface area contributed by atoms with E-state index in [2.05, 4.69) is 43.8 Å². The third-order valence-electron chi connectivity index (χ3n) is 16.0. The number of alkyl halides is 1. The van der Waals surface area contributed by atoms with E-state index >= 15 is 0 Å². The molecule has 1 aromatic heterocycles. The highest BCUT2D eigenvalue weighted by Crippen LogP contribution is 2.50. The van der Waals surface area contributed by atoms with E-state index in [9.17, 15) is 43.5 Å². The molecule has 4 bridgehead atoms. The zero-order chi connectivity index (χ0) is 61.6. The molecule has 2 fully saturated rings. The minimum atomic E-state index is -1.62. The van der Waals surface area contributed by atoms with E-state index in [1.54, 1.807) is 56.5 Å². The lowest BCUT2D eigenvalue weighted by atomic mass is 9.78. The number of urea groups is 1. The number of allylic oxidation sites excluding steroid dienone is 3. The molecule has 6 amide bonds. The van der Waals surface area contributed by atoms with Gasteiger partial charge in [0, 0.05) is 86.0 Å². The van der Waals surface area contributed by atoms with E-state index in [1.165, 1.54) is 12.0 Å². The first-order valence-electron chi connectivity index (χ1n) is 28.5. The predicted octanol–water partition coefficient (Wildman–Crippen LogP) is 8.37. The number of ketones is 2. The molecular weight excluding hydrogens is 1170 g/mol. The lowest BCUT2D eigenvalue weighted by molar-refractivity contribution is -0.187. The van der Waals surface area contributed by atoms with E-state index in [-0.39, 0.29) is 74.9 Å². The molecule has 2 aromatic carbocycles. The maximum atomic E-state index is 14.4. The second-order valence-corrected chi connectivity index (χ2v) is 23.9. The Morgan fingerprint density at radius 3 is 2.46 bits per heavy atom. The average molecular weight is 1250 g/mol. The Balaban J connectivity index is 1.15. The average Bonchev–Trinajstić information content (AvgIpc) is 2.77. The number of nitrogens with one attached hydrogen (secondary N) is 4. The van der Waals surface area contributed by atoms with Gasteiger partial charge in [-0.2, -0.15) is 0 Å². The molecule has 3 aromatic rings. The van der Waals surface area contributed by atoms with Crippen LogP contribution in [0.5, 0.6) is 0 Å². The third kappa shape index (κ3) is 18.0. The number of rotatable bonds is 23. The number of anilines is 2. The van der Waals surface area contributed by atoms with Crippen molar-refractivity contribution in [2.45, 2.75) is 160 Å². The van der Waals surface area contributed by atoms with Gasteiger partial charge in [-0.05, 0) is 100 Å². The smallest absolute Gasteiger partial charge is 0.412 e. The number of ether oxygens (including phenoxy) is 4. The maximum absolute atomic E-state index is 14.4. The van der Waals surface area contributed by atoms with Gasteiger partial charge in [-0.3, -0.25) is 39.1 Å². The molecule has 0 unspecified atom stereocenters. The maximum Gasteiger partial charge on any atom is 0.412 e. The number of carbonyl (C=O) groups is 8. The number of pyridine rings is 1. The summed E-state index contributed by atoms with van der Waals surface area (Å²) in [5, 5.41) is 24.3. The highest BCUT2D eigenvalue weighted by atomic mass is 79.9. The fourth-order valence-corrected chi connectivity index (χ4v) is 11.4. The number of hydrogen-bond acceptors (Lipinski definition) is 14. The van der Waals surface area contributed by atoms with Gasteiger partial charge in [0.25, 0.3) is 0 Å². The Morgan fingerprint density at radius 1 is 1.02 bits per heavy atom. The largest absolute Gasteiger partial charge is 0.462 e. The van der Waals surface area contributed by atoms with Crippen LogP contribution in [0.15, 0.2) is 78.4 Å². The topological polar surface area (TPSA) is 287 Å². The summed E-state index contributed by atoms with van der Waals surface area (Å²) in [7, 11) is 3.07. The molecule has 0 spiro atoms. The number of aryl methyl sites for hydroxylation is 1. The fourth-order valence-electron chi connectivity index (χ4n) is 10.9. The van der Waals surface area contributed by atoms with Crippen molar-refractivity contribution in [1.29, 1.82) is 0 Å². The SMILES string of the molecule is C=C(CBr)C(=O)NCCCCCC(=O)C[C@H](C(=O)N[C@@H](CCCNC(N)=O)C(=O)Cc1ccc2cc(NC(=O)O[C@H]3CC(=O)N(C)c4cc(cc(C)c4Cl)C/C(C)=C/C=C/[C@@H](OC)[C@]4(O)CC(=O)O[C@@H](C4)[C@@H](C)[C@@H]4O[C@@]34C)ccc2n1)C(C)C. The van der Waals surface area contributed by atoms with Crippen LogP contribution in [0.4, 0.5) is 21.0 Å². The second-order valence-electron chi connectivity index (χ2n) is 23.0. The molecule has 0 aliphatic carbocycles. The molecule has 9 atom stereocenters. The number of epoxide rings is 1. The number of amides is 6. The van der Waals surface area contributed by atoms with Crippen LogP contribution in [0, 0.1) is 24.7 Å². The van der Waals surface area contributed by atoms with Gasteiger partial charge in [-0.15, -0.1) is 0 Å². The van der Waals surface area contributed by atoms with Crippen LogP contribution in [0.2, 0.25) is 5.02 Å². The van der Waals surface area contributed by atoms with Crippen LogP contribution in [-0.2, 0) is 60.6 Å². The summed E-state index contributed by atoms with van der Waals surface area (Å²) in [5.41, 5.74) is 7.12. The molecule has 22 heteroatoms. The highest BCUT2D eigenvalue weighted by molar-refractivity contribution is 9.09. The first-order valence-corrected chi connectivity index (χ1v) is 30.0. The Kier molecular flexibility index (Phi) is 23.8. The number of benzene rings is 2.